The largest absolute Gasteiger partial charge is 0.352 e. The quantitative estimate of drug-likeness (QED) is 0.767. The van der Waals surface area contributed by atoms with Gasteiger partial charge in [0, 0.05) is 25.2 Å². The molecule has 1 aliphatic rings. The molecule has 0 atom stereocenters. The first kappa shape index (κ1) is 16.9. The van der Waals surface area contributed by atoms with E-state index in [1.54, 1.807) is 12.1 Å². The second kappa shape index (κ2) is 7.71. The zero-order valence-corrected chi connectivity index (χ0v) is 13.4. The molecular weight excluding hydrogens is 302 g/mol. The number of benzene rings is 1. The summed E-state index contributed by atoms with van der Waals surface area (Å²) in [6.07, 6.45) is 3.57. The van der Waals surface area contributed by atoms with E-state index in [9.17, 15) is 13.2 Å². The molecule has 0 radical (unpaired) electrons. The molecule has 2 rings (SSSR count). The lowest BCUT2D eigenvalue weighted by Crippen LogP contribution is -2.42. The van der Waals surface area contributed by atoms with E-state index >= 15 is 0 Å². The fourth-order valence-electron chi connectivity index (χ4n) is 2.74. The predicted molar refractivity (Wildman–Crippen MR) is 85.4 cm³/mol. The Kier molecular flexibility index (Phi) is 5.93. The normalized spacial score (nSPS) is 17.3. The van der Waals surface area contributed by atoms with Crippen LogP contribution < -0.4 is 10.5 Å². The van der Waals surface area contributed by atoms with Crippen LogP contribution in [0, 0.1) is 5.92 Å². The summed E-state index contributed by atoms with van der Waals surface area (Å²) in [6.45, 7) is 1.64. The SMILES string of the molecule is NS(=O)(=O)N1CCC(CCCNC(=O)c2ccccc2)CC1. The van der Waals surface area contributed by atoms with Crippen molar-refractivity contribution in [3.8, 4) is 0 Å². The van der Waals surface area contributed by atoms with Gasteiger partial charge in [-0.15, -0.1) is 0 Å². The summed E-state index contributed by atoms with van der Waals surface area (Å²) in [5, 5.41) is 8.02. The fourth-order valence-corrected chi connectivity index (χ4v) is 3.46. The van der Waals surface area contributed by atoms with Crippen molar-refractivity contribution in [1.82, 2.24) is 9.62 Å². The maximum Gasteiger partial charge on any atom is 0.276 e. The molecule has 1 heterocycles. The van der Waals surface area contributed by atoms with Gasteiger partial charge in [-0.25, -0.2) is 5.14 Å². The molecule has 0 aliphatic carbocycles. The van der Waals surface area contributed by atoms with Gasteiger partial charge in [0.15, 0.2) is 0 Å². The van der Waals surface area contributed by atoms with E-state index in [1.807, 2.05) is 18.2 Å². The number of hydrogen-bond donors (Lipinski definition) is 2. The second-order valence-electron chi connectivity index (χ2n) is 5.65. The first-order valence-electron chi connectivity index (χ1n) is 7.58. The Hall–Kier alpha value is -1.44. The minimum absolute atomic E-state index is 0.0513. The third-order valence-corrected chi connectivity index (χ3v) is 5.13. The topological polar surface area (TPSA) is 92.5 Å². The smallest absolute Gasteiger partial charge is 0.276 e. The van der Waals surface area contributed by atoms with Gasteiger partial charge in [0.2, 0.25) is 0 Å². The van der Waals surface area contributed by atoms with Crippen molar-refractivity contribution in [3.05, 3.63) is 35.9 Å². The Morgan fingerprint density at radius 3 is 2.45 bits per heavy atom. The Balaban J connectivity index is 1.63. The van der Waals surface area contributed by atoms with E-state index in [-0.39, 0.29) is 5.91 Å². The van der Waals surface area contributed by atoms with Crippen LogP contribution in [-0.2, 0) is 10.2 Å². The third-order valence-electron chi connectivity index (χ3n) is 4.04. The van der Waals surface area contributed by atoms with Gasteiger partial charge in [0.1, 0.15) is 0 Å². The molecule has 3 N–H and O–H groups in total. The molecule has 1 aliphatic heterocycles. The Morgan fingerprint density at radius 1 is 1.23 bits per heavy atom. The Bertz CT molecular complexity index is 581. The molecule has 0 unspecified atom stereocenters. The number of rotatable bonds is 6. The molecule has 1 aromatic rings. The van der Waals surface area contributed by atoms with E-state index < -0.39 is 10.2 Å². The summed E-state index contributed by atoms with van der Waals surface area (Å²) < 4.78 is 23.8. The molecule has 7 heteroatoms. The number of piperidine rings is 1. The lowest BCUT2D eigenvalue weighted by molar-refractivity contribution is 0.0952. The summed E-state index contributed by atoms with van der Waals surface area (Å²) >= 11 is 0. The summed E-state index contributed by atoms with van der Waals surface area (Å²) in [4.78, 5) is 11.9. The van der Waals surface area contributed by atoms with Crippen molar-refractivity contribution in [2.75, 3.05) is 19.6 Å². The molecule has 0 bridgehead atoms. The minimum atomic E-state index is -3.54. The van der Waals surface area contributed by atoms with E-state index in [1.165, 1.54) is 4.31 Å². The van der Waals surface area contributed by atoms with Crippen LogP contribution in [0.15, 0.2) is 30.3 Å². The lowest BCUT2D eigenvalue weighted by Gasteiger charge is -2.29. The van der Waals surface area contributed by atoms with Crippen LogP contribution >= 0.6 is 0 Å². The average Bonchev–Trinajstić information content (AvgIpc) is 2.52. The van der Waals surface area contributed by atoms with Gasteiger partial charge in [-0.3, -0.25) is 4.79 Å². The first-order chi connectivity index (χ1) is 10.5. The molecular formula is C15H23N3O3S. The van der Waals surface area contributed by atoms with E-state index in [0.29, 0.717) is 31.1 Å². The van der Waals surface area contributed by atoms with Crippen LogP contribution in [0.3, 0.4) is 0 Å². The molecule has 6 nitrogen and oxygen atoms in total. The van der Waals surface area contributed by atoms with Crippen LogP contribution in [0.4, 0.5) is 0 Å². The van der Waals surface area contributed by atoms with Gasteiger partial charge < -0.3 is 5.32 Å². The Labute approximate surface area is 131 Å². The van der Waals surface area contributed by atoms with Crippen molar-refractivity contribution in [2.24, 2.45) is 11.1 Å². The van der Waals surface area contributed by atoms with Gasteiger partial charge in [-0.05, 0) is 43.7 Å². The maximum absolute atomic E-state index is 11.9. The maximum atomic E-state index is 11.9. The van der Waals surface area contributed by atoms with Gasteiger partial charge in [0.25, 0.3) is 16.1 Å². The predicted octanol–water partition coefficient (Wildman–Crippen LogP) is 1.11. The summed E-state index contributed by atoms with van der Waals surface area (Å²) in [5.74, 6) is 0.455. The van der Waals surface area contributed by atoms with Crippen LogP contribution in [0.25, 0.3) is 0 Å². The summed E-state index contributed by atoms with van der Waals surface area (Å²) in [5.41, 5.74) is 0.670. The molecule has 1 amide bonds. The van der Waals surface area contributed by atoms with Crippen molar-refractivity contribution >= 4 is 16.1 Å². The molecule has 0 spiro atoms. The van der Waals surface area contributed by atoms with Crippen LogP contribution in [-0.4, -0.2) is 38.3 Å². The summed E-state index contributed by atoms with van der Waals surface area (Å²) in [7, 11) is -3.54. The zero-order valence-electron chi connectivity index (χ0n) is 12.6. The van der Waals surface area contributed by atoms with Gasteiger partial charge in [0.05, 0.1) is 0 Å². The number of nitrogens with zero attached hydrogens (tertiary/aromatic N) is 1. The molecule has 1 aromatic carbocycles. The molecule has 0 saturated carbocycles. The van der Waals surface area contributed by atoms with Crippen LogP contribution in [0.5, 0.6) is 0 Å². The fraction of sp³-hybridized carbons (Fsp3) is 0.533. The third kappa shape index (κ3) is 5.08. The van der Waals surface area contributed by atoms with E-state index in [2.05, 4.69) is 5.32 Å². The van der Waals surface area contributed by atoms with Crippen LogP contribution in [0.2, 0.25) is 0 Å². The molecule has 1 fully saturated rings. The van der Waals surface area contributed by atoms with Crippen molar-refractivity contribution in [2.45, 2.75) is 25.7 Å². The number of nitrogens with two attached hydrogens (primary N) is 1. The number of nitrogens with one attached hydrogen (secondary N) is 1. The van der Waals surface area contributed by atoms with E-state index in [4.69, 9.17) is 5.14 Å². The number of carbonyl (C=O) groups excluding carboxylic acids is 1. The van der Waals surface area contributed by atoms with Gasteiger partial charge in [-0.1, -0.05) is 18.2 Å². The standard InChI is InChI=1S/C15H23N3O3S/c16-22(20,21)18-11-8-13(9-12-18)5-4-10-17-15(19)14-6-2-1-3-7-14/h1-3,6-7,13H,4-5,8-12H2,(H,17,19)(H2,16,20,21). The average molecular weight is 325 g/mol. The van der Waals surface area contributed by atoms with Gasteiger partial charge >= 0.3 is 0 Å². The molecule has 0 aromatic heterocycles. The first-order valence-corrected chi connectivity index (χ1v) is 9.08. The highest BCUT2D eigenvalue weighted by molar-refractivity contribution is 7.86. The minimum Gasteiger partial charge on any atom is -0.352 e. The highest BCUT2D eigenvalue weighted by Gasteiger charge is 2.24. The number of hydrogen-bond acceptors (Lipinski definition) is 3. The van der Waals surface area contributed by atoms with Crippen molar-refractivity contribution in [3.63, 3.8) is 0 Å². The van der Waals surface area contributed by atoms with Crippen molar-refractivity contribution < 1.29 is 13.2 Å². The lowest BCUT2D eigenvalue weighted by atomic mass is 9.93. The molecule has 1 saturated heterocycles. The molecule has 122 valence electrons. The summed E-state index contributed by atoms with van der Waals surface area (Å²) in [6, 6.07) is 9.14. The van der Waals surface area contributed by atoms with Crippen molar-refractivity contribution in [1.29, 1.82) is 0 Å². The highest BCUT2D eigenvalue weighted by atomic mass is 32.2. The molecule has 22 heavy (non-hydrogen) atoms. The van der Waals surface area contributed by atoms with E-state index in [0.717, 1.165) is 25.7 Å². The Morgan fingerprint density at radius 2 is 1.86 bits per heavy atom. The highest BCUT2D eigenvalue weighted by Crippen LogP contribution is 2.22. The second-order valence-corrected chi connectivity index (χ2v) is 7.20. The number of carbonyl (C=O) groups is 1. The van der Waals surface area contributed by atoms with Crippen LogP contribution in [0.1, 0.15) is 36.0 Å². The monoisotopic (exact) mass is 325 g/mol. The number of amides is 1. The zero-order chi connectivity index (χ0) is 16.0. The van der Waals surface area contributed by atoms with Gasteiger partial charge in [-0.2, -0.15) is 12.7 Å².